The first-order valence-corrected chi connectivity index (χ1v) is 7.79. The molecule has 0 fully saturated rings. The zero-order valence-corrected chi connectivity index (χ0v) is 13.4. The smallest absolute Gasteiger partial charge is 0.274 e. The van der Waals surface area contributed by atoms with Crippen molar-refractivity contribution in [3.8, 4) is 5.88 Å². The average Bonchev–Trinajstić information content (AvgIpc) is 3.03. The number of hydrogen-bond donors (Lipinski definition) is 1. The molecule has 0 saturated carbocycles. The van der Waals surface area contributed by atoms with Crippen LogP contribution in [0, 0.1) is 17.0 Å². The van der Waals surface area contributed by atoms with E-state index in [9.17, 15) is 14.9 Å². The number of nitro benzene ring substituents is 1. The van der Waals surface area contributed by atoms with Crippen LogP contribution in [0.2, 0.25) is 0 Å². The molecule has 2 aromatic heterocycles. The highest BCUT2D eigenvalue weighted by molar-refractivity contribution is 7.16. The average molecular weight is 344 g/mol. The maximum atomic E-state index is 12.0. The minimum Gasteiger partial charge on any atom is -0.467 e. The van der Waals surface area contributed by atoms with Crippen molar-refractivity contribution in [1.29, 1.82) is 0 Å². The molecular weight excluding hydrogens is 332 g/mol. The molecule has 8 nitrogen and oxygen atoms in total. The highest BCUT2D eigenvalue weighted by atomic mass is 32.1. The number of fused-ring (bicyclic) bond motifs is 1. The first-order chi connectivity index (χ1) is 11.6. The number of anilines is 1. The predicted molar refractivity (Wildman–Crippen MR) is 89.4 cm³/mol. The highest BCUT2D eigenvalue weighted by Crippen LogP contribution is 2.26. The predicted octanol–water partition coefficient (Wildman–Crippen LogP) is 2.93. The van der Waals surface area contributed by atoms with Crippen LogP contribution in [0.4, 0.5) is 11.4 Å². The van der Waals surface area contributed by atoms with Gasteiger partial charge in [0.15, 0.2) is 6.61 Å². The summed E-state index contributed by atoms with van der Waals surface area (Å²) in [4.78, 5) is 31.4. The molecule has 0 aliphatic heterocycles. The van der Waals surface area contributed by atoms with Crippen LogP contribution in [0.15, 0.2) is 36.0 Å². The fourth-order valence-electron chi connectivity index (χ4n) is 2.16. The first-order valence-electron chi connectivity index (χ1n) is 6.91. The van der Waals surface area contributed by atoms with Gasteiger partial charge in [0, 0.05) is 6.07 Å². The molecule has 3 aromatic rings. The maximum absolute atomic E-state index is 12.0. The molecule has 122 valence electrons. The minimum atomic E-state index is -0.490. The molecular formula is C15H12N4O4S. The quantitative estimate of drug-likeness (QED) is 0.563. The molecule has 0 aliphatic carbocycles. The van der Waals surface area contributed by atoms with Crippen molar-refractivity contribution in [3.63, 3.8) is 0 Å². The molecule has 0 atom stereocenters. The van der Waals surface area contributed by atoms with E-state index in [2.05, 4.69) is 15.3 Å². The van der Waals surface area contributed by atoms with Crippen molar-refractivity contribution in [2.24, 2.45) is 0 Å². The largest absolute Gasteiger partial charge is 0.467 e. The van der Waals surface area contributed by atoms with Crippen molar-refractivity contribution >= 4 is 38.8 Å². The van der Waals surface area contributed by atoms with E-state index in [0.717, 1.165) is 10.2 Å². The van der Waals surface area contributed by atoms with Crippen molar-refractivity contribution in [3.05, 3.63) is 51.7 Å². The molecule has 0 bridgehead atoms. The molecule has 1 amide bonds. The Bertz CT molecular complexity index is 925. The summed E-state index contributed by atoms with van der Waals surface area (Å²) in [6.45, 7) is 1.32. The fraction of sp³-hybridized carbons (Fsp3) is 0.133. The number of nitro groups is 1. The third kappa shape index (κ3) is 3.15. The van der Waals surface area contributed by atoms with E-state index >= 15 is 0 Å². The number of benzene rings is 1. The molecule has 9 heteroatoms. The van der Waals surface area contributed by atoms with Crippen molar-refractivity contribution in [2.75, 3.05) is 11.9 Å². The number of nitrogens with zero attached hydrogens (tertiary/aromatic N) is 3. The van der Waals surface area contributed by atoms with Crippen LogP contribution < -0.4 is 10.1 Å². The van der Waals surface area contributed by atoms with E-state index < -0.39 is 10.8 Å². The monoisotopic (exact) mass is 344 g/mol. The van der Waals surface area contributed by atoms with Crippen molar-refractivity contribution < 1.29 is 14.5 Å². The van der Waals surface area contributed by atoms with Gasteiger partial charge in [0.2, 0.25) is 5.88 Å². The minimum absolute atomic E-state index is 0.0514. The molecule has 0 radical (unpaired) electrons. The number of carbonyl (C=O) groups is 1. The summed E-state index contributed by atoms with van der Waals surface area (Å²) in [5.41, 5.74) is 0.712. The second-order valence-electron chi connectivity index (χ2n) is 4.86. The normalized spacial score (nSPS) is 10.5. The lowest BCUT2D eigenvalue weighted by atomic mass is 10.1. The summed E-state index contributed by atoms with van der Waals surface area (Å²) >= 11 is 1.45. The Morgan fingerprint density at radius 1 is 1.38 bits per heavy atom. The Kier molecular flexibility index (Phi) is 4.34. The molecule has 3 rings (SSSR count). The topological polar surface area (TPSA) is 107 Å². The summed E-state index contributed by atoms with van der Waals surface area (Å²) in [7, 11) is 0. The van der Waals surface area contributed by atoms with E-state index in [-0.39, 0.29) is 12.3 Å². The van der Waals surface area contributed by atoms with Gasteiger partial charge in [0.05, 0.1) is 21.6 Å². The van der Waals surface area contributed by atoms with Crippen LogP contribution >= 0.6 is 11.3 Å². The third-order valence-electron chi connectivity index (χ3n) is 3.34. The number of hydrogen-bond acceptors (Lipinski definition) is 7. The third-order valence-corrected chi connectivity index (χ3v) is 4.16. The Morgan fingerprint density at radius 2 is 2.21 bits per heavy atom. The van der Waals surface area contributed by atoms with Crippen LogP contribution in [0.3, 0.4) is 0 Å². The lowest BCUT2D eigenvalue weighted by Gasteiger charge is -2.09. The molecule has 0 unspecified atom stereocenters. The van der Waals surface area contributed by atoms with Crippen molar-refractivity contribution in [1.82, 2.24) is 9.97 Å². The molecule has 2 heterocycles. The van der Waals surface area contributed by atoms with Gasteiger partial charge < -0.3 is 10.1 Å². The fourth-order valence-corrected chi connectivity index (χ4v) is 2.88. The van der Waals surface area contributed by atoms with Crippen LogP contribution in [0.1, 0.15) is 5.56 Å². The number of rotatable bonds is 5. The summed E-state index contributed by atoms with van der Waals surface area (Å²) in [5.74, 6) is -0.104. The molecule has 1 N–H and O–H groups in total. The molecule has 1 aromatic carbocycles. The SMILES string of the molecule is Cc1c(NC(=O)COc2ncnc3sccc23)cccc1[N+](=O)[O-]. The van der Waals surface area contributed by atoms with Gasteiger partial charge >= 0.3 is 0 Å². The number of amides is 1. The summed E-state index contributed by atoms with van der Waals surface area (Å²) < 4.78 is 5.44. The van der Waals surface area contributed by atoms with Crippen LogP contribution in [0.25, 0.3) is 10.2 Å². The summed E-state index contributed by atoms with van der Waals surface area (Å²) in [6, 6.07) is 6.32. The van der Waals surface area contributed by atoms with E-state index in [1.54, 1.807) is 13.0 Å². The highest BCUT2D eigenvalue weighted by Gasteiger charge is 2.15. The van der Waals surface area contributed by atoms with Gasteiger partial charge in [-0.15, -0.1) is 11.3 Å². The number of aromatic nitrogens is 2. The lowest BCUT2D eigenvalue weighted by molar-refractivity contribution is -0.385. The standard InChI is InChI=1S/C15H12N4O4S/c1-9-11(3-2-4-12(9)19(21)22)18-13(20)7-23-14-10-5-6-24-15(10)17-8-16-14/h2-6,8H,7H2,1H3,(H,18,20). The van der Waals surface area contributed by atoms with E-state index in [1.807, 2.05) is 11.4 Å². The van der Waals surface area contributed by atoms with Gasteiger partial charge in [-0.05, 0) is 24.4 Å². The van der Waals surface area contributed by atoms with Crippen LogP contribution in [-0.2, 0) is 4.79 Å². The van der Waals surface area contributed by atoms with Gasteiger partial charge in [-0.2, -0.15) is 0 Å². The number of nitrogens with one attached hydrogen (secondary N) is 1. The molecule has 0 spiro atoms. The second-order valence-corrected chi connectivity index (χ2v) is 5.76. The maximum Gasteiger partial charge on any atom is 0.274 e. The first kappa shape index (κ1) is 15.8. The summed E-state index contributed by atoms with van der Waals surface area (Å²) in [6.07, 6.45) is 1.37. The van der Waals surface area contributed by atoms with Gasteiger partial charge in [-0.25, -0.2) is 9.97 Å². The Balaban J connectivity index is 1.69. The zero-order chi connectivity index (χ0) is 17.1. The Labute approximate surface area is 140 Å². The van der Waals surface area contributed by atoms with Gasteiger partial charge in [0.1, 0.15) is 11.2 Å². The Morgan fingerprint density at radius 3 is 3.00 bits per heavy atom. The number of ether oxygens (including phenoxy) is 1. The lowest BCUT2D eigenvalue weighted by Crippen LogP contribution is -2.21. The van der Waals surface area contributed by atoms with Gasteiger partial charge in [-0.1, -0.05) is 6.07 Å². The molecule has 0 aliphatic rings. The Hall–Kier alpha value is -3.07. The zero-order valence-electron chi connectivity index (χ0n) is 12.6. The second kappa shape index (κ2) is 6.59. The molecule has 24 heavy (non-hydrogen) atoms. The molecule has 0 saturated heterocycles. The van der Waals surface area contributed by atoms with Crippen LogP contribution in [-0.4, -0.2) is 27.4 Å². The number of thiophene rings is 1. The van der Waals surface area contributed by atoms with E-state index in [1.165, 1.54) is 29.8 Å². The number of carbonyl (C=O) groups excluding carboxylic acids is 1. The van der Waals surface area contributed by atoms with E-state index in [0.29, 0.717) is 17.1 Å². The van der Waals surface area contributed by atoms with Crippen LogP contribution in [0.5, 0.6) is 5.88 Å². The van der Waals surface area contributed by atoms with Gasteiger partial charge in [0.25, 0.3) is 11.6 Å². The van der Waals surface area contributed by atoms with E-state index in [4.69, 9.17) is 4.74 Å². The van der Waals surface area contributed by atoms with Gasteiger partial charge in [-0.3, -0.25) is 14.9 Å². The summed E-state index contributed by atoms with van der Waals surface area (Å²) in [5, 5.41) is 16.1. The van der Waals surface area contributed by atoms with Crippen molar-refractivity contribution in [2.45, 2.75) is 6.92 Å².